The zero-order chi connectivity index (χ0) is 14.7. The summed E-state index contributed by atoms with van der Waals surface area (Å²) in [4.78, 5) is 2.13. The number of halogens is 1. The van der Waals surface area contributed by atoms with E-state index in [1.165, 1.54) is 5.56 Å². The van der Waals surface area contributed by atoms with E-state index in [2.05, 4.69) is 6.07 Å². The summed E-state index contributed by atoms with van der Waals surface area (Å²) >= 11 is 7.97. The van der Waals surface area contributed by atoms with Gasteiger partial charge in [0.1, 0.15) is 13.2 Å². The average Bonchev–Trinajstić information content (AvgIpc) is 2.51. The molecule has 0 aliphatic carbocycles. The molecule has 2 aromatic rings. The first-order valence-corrected chi connectivity index (χ1v) is 8.02. The lowest BCUT2D eigenvalue weighted by Crippen LogP contribution is -2.15. The molecule has 0 aromatic heterocycles. The fraction of sp³-hybridized carbons (Fsp3) is 0.250. The van der Waals surface area contributed by atoms with Gasteiger partial charge in [0.05, 0.1) is 5.02 Å². The highest BCUT2D eigenvalue weighted by Gasteiger charge is 2.14. The van der Waals surface area contributed by atoms with Crippen LogP contribution in [0.1, 0.15) is 5.56 Å². The fourth-order valence-electron chi connectivity index (χ4n) is 2.23. The number of benzene rings is 2. The van der Waals surface area contributed by atoms with E-state index in [-0.39, 0.29) is 0 Å². The maximum atomic E-state index is 6.34. The zero-order valence-electron chi connectivity index (χ0n) is 11.5. The van der Waals surface area contributed by atoms with Gasteiger partial charge in [0.25, 0.3) is 0 Å². The minimum atomic E-state index is 0.589. The molecule has 0 bridgehead atoms. The smallest absolute Gasteiger partial charge is 0.162 e. The van der Waals surface area contributed by atoms with Crippen molar-refractivity contribution in [3.05, 3.63) is 47.0 Å². The Labute approximate surface area is 133 Å². The molecule has 1 heterocycles. The molecule has 21 heavy (non-hydrogen) atoms. The van der Waals surface area contributed by atoms with Crippen molar-refractivity contribution < 1.29 is 9.47 Å². The minimum Gasteiger partial charge on any atom is -0.486 e. The highest BCUT2D eigenvalue weighted by Crippen LogP contribution is 2.40. The molecule has 3 rings (SSSR count). The van der Waals surface area contributed by atoms with Crippen LogP contribution in [0.25, 0.3) is 0 Å². The molecule has 2 aromatic carbocycles. The van der Waals surface area contributed by atoms with Crippen LogP contribution in [-0.4, -0.2) is 19.8 Å². The quantitative estimate of drug-likeness (QED) is 0.931. The molecule has 1 aliphatic rings. The first kappa shape index (κ1) is 14.6. The predicted octanol–water partition coefficient (Wildman–Crippen LogP) is 3.76. The molecule has 0 atom stereocenters. The third-order valence-electron chi connectivity index (χ3n) is 3.20. The fourth-order valence-corrected chi connectivity index (χ4v) is 3.54. The summed E-state index contributed by atoms with van der Waals surface area (Å²) in [6.07, 6.45) is 0.813. The topological polar surface area (TPSA) is 44.5 Å². The molecule has 5 heteroatoms. The van der Waals surface area contributed by atoms with E-state index in [4.69, 9.17) is 26.8 Å². The summed E-state index contributed by atoms with van der Waals surface area (Å²) < 4.78 is 11.2. The molecule has 0 amide bonds. The third-order valence-corrected chi connectivity index (χ3v) is 4.80. The number of ether oxygens (including phenoxy) is 2. The van der Waals surface area contributed by atoms with E-state index < -0.39 is 0 Å². The van der Waals surface area contributed by atoms with Crippen LogP contribution in [0.2, 0.25) is 5.02 Å². The van der Waals surface area contributed by atoms with E-state index in [1.807, 2.05) is 30.3 Å². The molecular weight excluding hydrogens is 306 g/mol. The summed E-state index contributed by atoms with van der Waals surface area (Å²) in [6.45, 7) is 1.80. The van der Waals surface area contributed by atoms with Gasteiger partial charge in [-0.15, -0.1) is 0 Å². The molecule has 1 aliphatic heterocycles. The molecule has 0 unspecified atom stereocenters. The Morgan fingerprint density at radius 2 is 1.90 bits per heavy atom. The lowest BCUT2D eigenvalue weighted by molar-refractivity contribution is 0.171. The molecule has 110 valence electrons. The van der Waals surface area contributed by atoms with Crippen molar-refractivity contribution in [3.63, 3.8) is 0 Å². The SMILES string of the molecule is NCCc1cccc(Cl)c1Sc1ccc2c(c1)OCCO2. The maximum absolute atomic E-state index is 6.34. The van der Waals surface area contributed by atoms with Gasteiger partial charge in [0, 0.05) is 9.79 Å². The van der Waals surface area contributed by atoms with Gasteiger partial charge in [-0.05, 0) is 42.8 Å². The second-order valence-corrected chi connectivity index (χ2v) is 6.17. The van der Waals surface area contributed by atoms with Crippen LogP contribution in [0.5, 0.6) is 11.5 Å². The van der Waals surface area contributed by atoms with E-state index >= 15 is 0 Å². The van der Waals surface area contributed by atoms with Gasteiger partial charge >= 0.3 is 0 Å². The molecule has 0 saturated heterocycles. The van der Waals surface area contributed by atoms with Crippen molar-refractivity contribution >= 4 is 23.4 Å². The van der Waals surface area contributed by atoms with Crippen molar-refractivity contribution in [2.24, 2.45) is 5.73 Å². The monoisotopic (exact) mass is 321 g/mol. The van der Waals surface area contributed by atoms with Crippen LogP contribution >= 0.6 is 23.4 Å². The minimum absolute atomic E-state index is 0.589. The Kier molecular flexibility index (Phi) is 4.58. The second kappa shape index (κ2) is 6.60. The highest BCUT2D eigenvalue weighted by atomic mass is 35.5. The van der Waals surface area contributed by atoms with Crippen LogP contribution in [-0.2, 0) is 6.42 Å². The Morgan fingerprint density at radius 3 is 2.71 bits per heavy atom. The summed E-state index contributed by atoms with van der Waals surface area (Å²) in [5, 5.41) is 0.751. The maximum Gasteiger partial charge on any atom is 0.162 e. The van der Waals surface area contributed by atoms with Gasteiger partial charge in [-0.2, -0.15) is 0 Å². The van der Waals surface area contributed by atoms with Crippen LogP contribution < -0.4 is 15.2 Å². The lowest BCUT2D eigenvalue weighted by atomic mass is 10.1. The standard InChI is InChI=1S/C16H16ClNO2S/c17-13-3-1-2-11(6-7-18)16(13)21-12-4-5-14-15(10-12)20-9-8-19-14/h1-5,10H,6-9,18H2. The first-order chi connectivity index (χ1) is 10.3. The van der Waals surface area contributed by atoms with E-state index in [9.17, 15) is 0 Å². The number of fused-ring (bicyclic) bond motifs is 1. The molecule has 0 saturated carbocycles. The van der Waals surface area contributed by atoms with Crippen molar-refractivity contribution in [1.82, 2.24) is 0 Å². The van der Waals surface area contributed by atoms with Crippen molar-refractivity contribution in [1.29, 1.82) is 0 Å². The predicted molar refractivity (Wildman–Crippen MR) is 85.8 cm³/mol. The Morgan fingerprint density at radius 1 is 1.10 bits per heavy atom. The summed E-state index contributed by atoms with van der Waals surface area (Å²) in [6, 6.07) is 11.9. The largest absolute Gasteiger partial charge is 0.486 e. The Bertz CT molecular complexity index is 648. The van der Waals surface area contributed by atoms with Crippen LogP contribution in [0, 0.1) is 0 Å². The first-order valence-electron chi connectivity index (χ1n) is 6.83. The van der Waals surface area contributed by atoms with Crippen molar-refractivity contribution in [3.8, 4) is 11.5 Å². The van der Waals surface area contributed by atoms with E-state index in [0.29, 0.717) is 19.8 Å². The Hall–Kier alpha value is -1.36. The summed E-state index contributed by atoms with van der Waals surface area (Å²) in [5.74, 6) is 1.59. The summed E-state index contributed by atoms with van der Waals surface area (Å²) in [5.41, 5.74) is 6.85. The van der Waals surface area contributed by atoms with Gasteiger partial charge in [-0.3, -0.25) is 0 Å². The average molecular weight is 322 g/mol. The highest BCUT2D eigenvalue weighted by molar-refractivity contribution is 7.99. The van der Waals surface area contributed by atoms with Gasteiger partial charge in [0.15, 0.2) is 11.5 Å². The number of hydrogen-bond donors (Lipinski definition) is 1. The van der Waals surface area contributed by atoms with Crippen molar-refractivity contribution in [2.45, 2.75) is 16.2 Å². The zero-order valence-corrected chi connectivity index (χ0v) is 13.0. The van der Waals surface area contributed by atoms with Gasteiger partial charge in [-0.1, -0.05) is 35.5 Å². The molecular formula is C16H16ClNO2S. The molecule has 0 fully saturated rings. The Balaban J connectivity index is 1.90. The third kappa shape index (κ3) is 3.28. The van der Waals surface area contributed by atoms with Crippen molar-refractivity contribution in [2.75, 3.05) is 19.8 Å². The van der Waals surface area contributed by atoms with Crippen LogP contribution in [0.3, 0.4) is 0 Å². The van der Waals surface area contributed by atoms with E-state index in [1.54, 1.807) is 11.8 Å². The number of nitrogens with two attached hydrogens (primary N) is 1. The molecule has 0 spiro atoms. The molecule has 0 radical (unpaired) electrons. The molecule has 2 N–H and O–H groups in total. The van der Waals surface area contributed by atoms with Crippen LogP contribution in [0.15, 0.2) is 46.2 Å². The number of rotatable bonds is 4. The lowest BCUT2D eigenvalue weighted by Gasteiger charge is -2.19. The molecule has 3 nitrogen and oxygen atoms in total. The van der Waals surface area contributed by atoms with Gasteiger partial charge in [-0.25, -0.2) is 0 Å². The van der Waals surface area contributed by atoms with Crippen LogP contribution in [0.4, 0.5) is 0 Å². The normalized spacial score (nSPS) is 13.2. The van der Waals surface area contributed by atoms with Gasteiger partial charge in [0.2, 0.25) is 0 Å². The summed E-state index contributed by atoms with van der Waals surface area (Å²) in [7, 11) is 0. The number of hydrogen-bond acceptors (Lipinski definition) is 4. The van der Waals surface area contributed by atoms with Gasteiger partial charge < -0.3 is 15.2 Å². The second-order valence-electron chi connectivity index (χ2n) is 4.67. The van der Waals surface area contributed by atoms with E-state index in [0.717, 1.165) is 32.7 Å².